The first kappa shape index (κ1) is 24.6. The normalized spacial score (nSPS) is 13.8. The average molecular weight is 453 g/mol. The van der Waals surface area contributed by atoms with Gasteiger partial charge in [-0.3, -0.25) is 9.59 Å². The van der Waals surface area contributed by atoms with Gasteiger partial charge in [-0.15, -0.1) is 0 Å². The summed E-state index contributed by atoms with van der Waals surface area (Å²) in [5, 5.41) is 3.05. The molecule has 0 bridgehead atoms. The van der Waals surface area contributed by atoms with Crippen molar-refractivity contribution in [1.29, 1.82) is 0 Å². The Kier molecular flexibility index (Phi) is 8.01. The Bertz CT molecular complexity index is 980. The number of fused-ring (bicyclic) bond motifs is 1. The van der Waals surface area contributed by atoms with Gasteiger partial charge in [0.15, 0.2) is 11.5 Å². The third-order valence-electron chi connectivity index (χ3n) is 5.55. The molecule has 1 N–H and O–H groups in total. The van der Waals surface area contributed by atoms with Gasteiger partial charge in [-0.25, -0.2) is 0 Å². The molecule has 2 aromatic rings. The van der Waals surface area contributed by atoms with E-state index in [1.165, 1.54) is 0 Å². The molecule has 0 saturated carbocycles. The van der Waals surface area contributed by atoms with Crippen molar-refractivity contribution in [2.45, 2.75) is 72.0 Å². The standard InChI is InChI=1S/C27H36N2O4/c1-6-22(26(31)28-27(3,4)5)29(18-21-9-7-8-19(2)16-21)25(30)13-11-20-10-12-23-24(17-20)33-15-14-32-23/h7-10,12,16-17,22H,6,11,13-15,18H2,1-5H3,(H,28,31)/t22-/m1/s1. The molecule has 1 atom stereocenters. The van der Waals surface area contributed by atoms with Crippen molar-refractivity contribution in [3.05, 3.63) is 59.2 Å². The van der Waals surface area contributed by atoms with Gasteiger partial charge in [-0.05, 0) is 63.8 Å². The minimum absolute atomic E-state index is 0.0395. The van der Waals surface area contributed by atoms with Crippen LogP contribution in [0.2, 0.25) is 0 Å². The molecule has 0 aliphatic carbocycles. The molecule has 33 heavy (non-hydrogen) atoms. The van der Waals surface area contributed by atoms with Gasteiger partial charge in [-0.2, -0.15) is 0 Å². The summed E-state index contributed by atoms with van der Waals surface area (Å²) in [6.07, 6.45) is 1.42. The van der Waals surface area contributed by atoms with Crippen LogP contribution in [-0.4, -0.2) is 41.5 Å². The zero-order valence-corrected chi connectivity index (χ0v) is 20.4. The third kappa shape index (κ3) is 6.98. The number of carbonyl (C=O) groups excluding carboxylic acids is 2. The van der Waals surface area contributed by atoms with Crippen LogP contribution < -0.4 is 14.8 Å². The molecule has 178 valence electrons. The van der Waals surface area contributed by atoms with Crippen molar-refractivity contribution in [1.82, 2.24) is 10.2 Å². The highest BCUT2D eigenvalue weighted by molar-refractivity contribution is 5.88. The predicted molar refractivity (Wildman–Crippen MR) is 129 cm³/mol. The first-order chi connectivity index (χ1) is 15.7. The Morgan fingerprint density at radius 2 is 1.76 bits per heavy atom. The summed E-state index contributed by atoms with van der Waals surface area (Å²) in [5.41, 5.74) is 2.79. The van der Waals surface area contributed by atoms with Gasteiger partial charge in [0.25, 0.3) is 0 Å². The van der Waals surface area contributed by atoms with E-state index in [2.05, 4.69) is 11.4 Å². The molecule has 0 spiro atoms. The van der Waals surface area contributed by atoms with E-state index in [1.54, 1.807) is 4.90 Å². The molecule has 0 fully saturated rings. The molecule has 0 aromatic heterocycles. The quantitative estimate of drug-likeness (QED) is 0.644. The molecule has 1 heterocycles. The number of aryl methyl sites for hydroxylation is 2. The average Bonchev–Trinajstić information content (AvgIpc) is 2.76. The van der Waals surface area contributed by atoms with Crippen LogP contribution in [0.25, 0.3) is 0 Å². The summed E-state index contributed by atoms with van der Waals surface area (Å²) >= 11 is 0. The molecular formula is C27H36N2O4. The van der Waals surface area contributed by atoms with Crippen LogP contribution in [0.5, 0.6) is 11.5 Å². The van der Waals surface area contributed by atoms with Crippen molar-refractivity contribution in [2.75, 3.05) is 13.2 Å². The van der Waals surface area contributed by atoms with E-state index >= 15 is 0 Å². The van der Waals surface area contributed by atoms with Gasteiger partial charge in [0.05, 0.1) is 0 Å². The minimum Gasteiger partial charge on any atom is -0.486 e. The number of carbonyl (C=O) groups is 2. The first-order valence-electron chi connectivity index (χ1n) is 11.7. The number of ether oxygens (including phenoxy) is 2. The van der Waals surface area contributed by atoms with Crippen molar-refractivity contribution in [2.24, 2.45) is 0 Å². The lowest BCUT2D eigenvalue weighted by molar-refractivity contribution is -0.142. The largest absolute Gasteiger partial charge is 0.486 e. The topological polar surface area (TPSA) is 67.9 Å². The maximum Gasteiger partial charge on any atom is 0.243 e. The molecule has 3 rings (SSSR count). The number of rotatable bonds is 8. The second kappa shape index (κ2) is 10.7. The third-order valence-corrected chi connectivity index (χ3v) is 5.55. The Balaban J connectivity index is 1.78. The van der Waals surface area contributed by atoms with Crippen LogP contribution in [0, 0.1) is 6.92 Å². The zero-order valence-electron chi connectivity index (χ0n) is 20.4. The molecule has 0 saturated heterocycles. The molecule has 0 unspecified atom stereocenters. The first-order valence-corrected chi connectivity index (χ1v) is 11.7. The SMILES string of the molecule is CC[C@H](C(=O)NC(C)(C)C)N(Cc1cccc(C)c1)C(=O)CCc1ccc2c(c1)OCCO2. The monoisotopic (exact) mass is 452 g/mol. The van der Waals surface area contributed by atoms with Gasteiger partial charge in [-0.1, -0.05) is 42.8 Å². The summed E-state index contributed by atoms with van der Waals surface area (Å²) in [6.45, 7) is 11.3. The highest BCUT2D eigenvalue weighted by Gasteiger charge is 2.30. The molecule has 0 radical (unpaired) electrons. The lowest BCUT2D eigenvalue weighted by atomic mass is 10.0. The number of nitrogens with zero attached hydrogens (tertiary/aromatic N) is 1. The van der Waals surface area contributed by atoms with Crippen molar-refractivity contribution >= 4 is 11.8 Å². The van der Waals surface area contributed by atoms with Crippen LogP contribution in [0.4, 0.5) is 0 Å². The van der Waals surface area contributed by atoms with E-state index in [-0.39, 0.29) is 17.4 Å². The van der Waals surface area contributed by atoms with Gasteiger partial charge in [0, 0.05) is 18.5 Å². The van der Waals surface area contributed by atoms with Crippen molar-refractivity contribution in [3.8, 4) is 11.5 Å². The molecule has 6 nitrogen and oxygen atoms in total. The molecule has 2 aromatic carbocycles. The van der Waals surface area contributed by atoms with Crippen LogP contribution >= 0.6 is 0 Å². The number of nitrogens with one attached hydrogen (secondary N) is 1. The lowest BCUT2D eigenvalue weighted by Gasteiger charge is -2.33. The number of amides is 2. The van der Waals surface area contributed by atoms with E-state index in [0.29, 0.717) is 39.0 Å². The molecule has 2 amide bonds. The highest BCUT2D eigenvalue weighted by atomic mass is 16.6. The fourth-order valence-corrected chi connectivity index (χ4v) is 4.02. The molecule has 1 aliphatic rings. The molecule has 1 aliphatic heterocycles. The van der Waals surface area contributed by atoms with E-state index in [4.69, 9.17) is 9.47 Å². The van der Waals surface area contributed by atoms with E-state index < -0.39 is 6.04 Å². The predicted octanol–water partition coefficient (Wildman–Crippen LogP) is 4.42. The lowest BCUT2D eigenvalue weighted by Crippen LogP contribution is -2.53. The summed E-state index contributed by atoms with van der Waals surface area (Å²) < 4.78 is 11.3. The summed E-state index contributed by atoms with van der Waals surface area (Å²) in [4.78, 5) is 28.3. The molecule has 6 heteroatoms. The second-order valence-corrected chi connectivity index (χ2v) is 9.65. The Morgan fingerprint density at radius 3 is 2.42 bits per heavy atom. The van der Waals surface area contributed by atoms with E-state index in [0.717, 1.165) is 28.2 Å². The fraction of sp³-hybridized carbons (Fsp3) is 0.481. The summed E-state index contributed by atoms with van der Waals surface area (Å²) in [5.74, 6) is 1.30. The molecular weight excluding hydrogens is 416 g/mol. The van der Waals surface area contributed by atoms with Gasteiger partial charge in [0.2, 0.25) is 11.8 Å². The van der Waals surface area contributed by atoms with Gasteiger partial charge >= 0.3 is 0 Å². The van der Waals surface area contributed by atoms with Crippen LogP contribution in [0.3, 0.4) is 0 Å². The van der Waals surface area contributed by atoms with Gasteiger partial charge in [0.1, 0.15) is 19.3 Å². The number of hydrogen-bond donors (Lipinski definition) is 1. The Hall–Kier alpha value is -3.02. The van der Waals surface area contributed by atoms with Crippen molar-refractivity contribution in [3.63, 3.8) is 0 Å². The smallest absolute Gasteiger partial charge is 0.243 e. The second-order valence-electron chi connectivity index (χ2n) is 9.65. The van der Waals surface area contributed by atoms with E-state index in [9.17, 15) is 9.59 Å². The van der Waals surface area contributed by atoms with Crippen LogP contribution in [0.1, 0.15) is 57.2 Å². The van der Waals surface area contributed by atoms with Crippen molar-refractivity contribution < 1.29 is 19.1 Å². The van der Waals surface area contributed by atoms with E-state index in [1.807, 2.05) is 71.0 Å². The van der Waals surface area contributed by atoms with Crippen LogP contribution in [0.15, 0.2) is 42.5 Å². The number of hydrogen-bond acceptors (Lipinski definition) is 4. The van der Waals surface area contributed by atoms with Crippen LogP contribution in [-0.2, 0) is 22.6 Å². The number of benzene rings is 2. The highest BCUT2D eigenvalue weighted by Crippen LogP contribution is 2.31. The summed E-state index contributed by atoms with van der Waals surface area (Å²) in [6, 6.07) is 13.4. The maximum absolute atomic E-state index is 13.5. The Morgan fingerprint density at radius 1 is 1.03 bits per heavy atom. The Labute approximate surface area is 197 Å². The van der Waals surface area contributed by atoms with Gasteiger partial charge < -0.3 is 19.7 Å². The maximum atomic E-state index is 13.5. The fourth-order valence-electron chi connectivity index (χ4n) is 4.02. The summed E-state index contributed by atoms with van der Waals surface area (Å²) in [7, 11) is 0. The zero-order chi connectivity index (χ0) is 24.0. The minimum atomic E-state index is -0.530.